The molecule has 0 saturated carbocycles. The second-order valence-corrected chi connectivity index (χ2v) is 9.12. The fraction of sp³-hybridized carbons (Fsp3) is 0.0714. The molecule has 0 atom stereocenters. The van der Waals surface area contributed by atoms with Gasteiger partial charge in [-0.25, -0.2) is 4.79 Å². The van der Waals surface area contributed by atoms with E-state index in [9.17, 15) is 22.8 Å². The molecule has 0 unspecified atom stereocenters. The molecule has 5 N–H and O–H groups in total. The number of carbonyl (C=O) groups excluding carboxylic acids is 2. The number of amides is 3. The number of aromatic amines is 1. The lowest BCUT2D eigenvalue weighted by atomic mass is 10.1. The largest absolute Gasteiger partial charge is 0.495 e. The molecule has 12 heteroatoms. The summed E-state index contributed by atoms with van der Waals surface area (Å²) in [5, 5.41) is 10.9. The van der Waals surface area contributed by atoms with E-state index in [0.29, 0.717) is 34.1 Å². The molecule has 3 amide bonds. The van der Waals surface area contributed by atoms with Gasteiger partial charge in [0.15, 0.2) is 0 Å². The van der Waals surface area contributed by atoms with Crippen LogP contribution in [0.3, 0.4) is 0 Å². The minimum Gasteiger partial charge on any atom is -0.495 e. The van der Waals surface area contributed by atoms with Crippen molar-refractivity contribution in [1.82, 2.24) is 4.98 Å². The van der Waals surface area contributed by atoms with Crippen molar-refractivity contribution in [1.29, 1.82) is 0 Å². The molecule has 1 aliphatic heterocycles. The summed E-state index contributed by atoms with van der Waals surface area (Å²) in [7, 11) is 1.48. The number of methoxy groups -OCH3 is 1. The minimum atomic E-state index is -4.59. The van der Waals surface area contributed by atoms with E-state index in [1.165, 1.54) is 7.11 Å². The van der Waals surface area contributed by atoms with Crippen molar-refractivity contribution in [2.75, 3.05) is 28.4 Å². The molecule has 0 bridgehead atoms. The standard InChI is InChI=1S/C28H21ClF3N5O3/c1-40-25-9-6-18(35-27(39)37-23-11-15(28(30,31)32)4-8-21(23)29)14-24(25)34-17-5-7-19-20(12-16-3-2-10-33-16)26(38)36-22(19)13-17/h2-14,33-34H,1H3,(H,36,38)(H2,35,37,39)/b20-12-. The lowest BCUT2D eigenvalue weighted by Crippen LogP contribution is -2.20. The molecule has 0 fully saturated rings. The summed E-state index contributed by atoms with van der Waals surface area (Å²) in [6.45, 7) is 0. The maximum absolute atomic E-state index is 13.1. The molecular formula is C28H21ClF3N5O3. The normalized spacial score (nSPS) is 13.5. The van der Waals surface area contributed by atoms with Crippen molar-refractivity contribution in [3.05, 3.63) is 94.8 Å². The highest BCUT2D eigenvalue weighted by Gasteiger charge is 2.31. The predicted octanol–water partition coefficient (Wildman–Crippen LogP) is 7.58. The molecule has 5 rings (SSSR count). The first kappa shape index (κ1) is 26.7. The fourth-order valence-corrected chi connectivity index (χ4v) is 4.29. The number of anilines is 5. The molecule has 8 nitrogen and oxygen atoms in total. The lowest BCUT2D eigenvalue weighted by molar-refractivity contribution is -0.137. The van der Waals surface area contributed by atoms with Crippen LogP contribution in [0.1, 0.15) is 16.8 Å². The van der Waals surface area contributed by atoms with Gasteiger partial charge in [-0.1, -0.05) is 17.7 Å². The van der Waals surface area contributed by atoms with Crippen molar-refractivity contribution < 1.29 is 27.5 Å². The van der Waals surface area contributed by atoms with Crippen LogP contribution in [0.2, 0.25) is 5.02 Å². The van der Waals surface area contributed by atoms with Crippen molar-refractivity contribution in [2.24, 2.45) is 0 Å². The summed E-state index contributed by atoms with van der Waals surface area (Å²) in [5.41, 5.74) is 3.02. The zero-order valence-corrected chi connectivity index (χ0v) is 21.5. The SMILES string of the molecule is COc1ccc(NC(=O)Nc2cc(C(F)(F)F)ccc2Cl)cc1Nc1ccc2c(c1)NC(=O)/C2=C\c1ccc[nH]1. The first-order chi connectivity index (χ1) is 19.1. The van der Waals surface area contributed by atoms with Gasteiger partial charge < -0.3 is 31.0 Å². The van der Waals surface area contributed by atoms with Gasteiger partial charge in [0.25, 0.3) is 5.91 Å². The Hall–Kier alpha value is -4.90. The summed E-state index contributed by atoms with van der Waals surface area (Å²) in [4.78, 5) is 28.2. The number of aromatic nitrogens is 1. The van der Waals surface area contributed by atoms with Gasteiger partial charge in [0.1, 0.15) is 5.75 Å². The van der Waals surface area contributed by atoms with Crippen LogP contribution in [0.15, 0.2) is 72.9 Å². The van der Waals surface area contributed by atoms with E-state index in [1.807, 2.05) is 18.2 Å². The quantitative estimate of drug-likeness (QED) is 0.155. The number of carbonyl (C=O) groups is 2. The van der Waals surface area contributed by atoms with E-state index < -0.39 is 17.8 Å². The topological polar surface area (TPSA) is 107 Å². The number of urea groups is 1. The number of nitrogens with one attached hydrogen (secondary N) is 5. The Morgan fingerprint density at radius 2 is 1.77 bits per heavy atom. The van der Waals surface area contributed by atoms with E-state index in [2.05, 4.69) is 26.3 Å². The van der Waals surface area contributed by atoms with Gasteiger partial charge in [-0.05, 0) is 66.7 Å². The maximum atomic E-state index is 13.1. The van der Waals surface area contributed by atoms with Crippen LogP contribution in [0.4, 0.5) is 46.4 Å². The monoisotopic (exact) mass is 567 g/mol. The molecule has 40 heavy (non-hydrogen) atoms. The van der Waals surface area contributed by atoms with Gasteiger partial charge in [0.05, 0.1) is 40.3 Å². The Labute approximate surface area is 231 Å². The Kier molecular flexibility index (Phi) is 7.14. The summed E-state index contributed by atoms with van der Waals surface area (Å²) in [6, 6.07) is 15.7. The van der Waals surface area contributed by atoms with Crippen molar-refractivity contribution in [3.8, 4) is 5.75 Å². The smallest absolute Gasteiger partial charge is 0.416 e. The van der Waals surface area contributed by atoms with Crippen LogP contribution < -0.4 is 26.0 Å². The molecule has 3 aromatic carbocycles. The number of fused-ring (bicyclic) bond motifs is 1. The average Bonchev–Trinajstić information content (AvgIpc) is 3.52. The van der Waals surface area contributed by atoms with Crippen LogP contribution in [-0.2, 0) is 11.0 Å². The van der Waals surface area contributed by atoms with Crippen LogP contribution in [0.25, 0.3) is 11.6 Å². The Balaban J connectivity index is 1.33. The minimum absolute atomic E-state index is 0.0464. The predicted molar refractivity (Wildman–Crippen MR) is 149 cm³/mol. The van der Waals surface area contributed by atoms with Crippen LogP contribution in [0.5, 0.6) is 5.75 Å². The molecule has 2 heterocycles. The summed E-state index contributed by atoms with van der Waals surface area (Å²) < 4.78 is 44.6. The molecule has 0 saturated heterocycles. The number of ether oxygens (including phenoxy) is 1. The van der Waals surface area contributed by atoms with E-state index >= 15 is 0 Å². The third kappa shape index (κ3) is 5.74. The van der Waals surface area contributed by atoms with Crippen LogP contribution in [0, 0.1) is 0 Å². The molecule has 0 aliphatic carbocycles. The number of benzene rings is 3. The Morgan fingerprint density at radius 1 is 0.975 bits per heavy atom. The summed E-state index contributed by atoms with van der Waals surface area (Å²) >= 11 is 5.97. The first-order valence-corrected chi connectivity index (χ1v) is 12.2. The highest BCUT2D eigenvalue weighted by Crippen LogP contribution is 2.38. The maximum Gasteiger partial charge on any atom is 0.416 e. The first-order valence-electron chi connectivity index (χ1n) is 11.8. The van der Waals surface area contributed by atoms with Gasteiger partial charge >= 0.3 is 12.2 Å². The molecule has 4 aromatic rings. The van der Waals surface area contributed by atoms with Gasteiger partial charge in [-0.2, -0.15) is 13.2 Å². The fourth-order valence-electron chi connectivity index (χ4n) is 4.13. The number of hydrogen-bond donors (Lipinski definition) is 5. The number of H-pyrrole nitrogens is 1. The van der Waals surface area contributed by atoms with E-state index in [4.69, 9.17) is 16.3 Å². The van der Waals surface area contributed by atoms with Crippen molar-refractivity contribution in [2.45, 2.75) is 6.18 Å². The number of halogens is 4. The van der Waals surface area contributed by atoms with Gasteiger partial charge in [0.2, 0.25) is 0 Å². The van der Waals surface area contributed by atoms with Crippen LogP contribution >= 0.6 is 11.6 Å². The zero-order valence-electron chi connectivity index (χ0n) is 20.7. The van der Waals surface area contributed by atoms with Gasteiger partial charge in [0, 0.05) is 28.8 Å². The van der Waals surface area contributed by atoms with E-state index in [1.54, 1.807) is 42.6 Å². The second kappa shape index (κ2) is 10.7. The zero-order chi connectivity index (χ0) is 28.4. The van der Waals surface area contributed by atoms with Gasteiger partial charge in [-0.3, -0.25) is 4.79 Å². The number of rotatable bonds is 6. The number of hydrogen-bond acceptors (Lipinski definition) is 4. The van der Waals surface area contributed by atoms with E-state index in [-0.39, 0.29) is 16.6 Å². The number of alkyl halides is 3. The van der Waals surface area contributed by atoms with Crippen molar-refractivity contribution in [3.63, 3.8) is 0 Å². The second-order valence-electron chi connectivity index (χ2n) is 8.71. The third-order valence-corrected chi connectivity index (χ3v) is 6.33. The van der Waals surface area contributed by atoms with Gasteiger partial charge in [-0.15, -0.1) is 0 Å². The molecule has 204 valence electrons. The molecule has 1 aliphatic rings. The Bertz CT molecular complexity index is 1630. The summed E-state index contributed by atoms with van der Waals surface area (Å²) in [5.74, 6) is 0.237. The molecule has 0 spiro atoms. The lowest BCUT2D eigenvalue weighted by Gasteiger charge is -2.15. The van der Waals surface area contributed by atoms with Crippen LogP contribution in [-0.4, -0.2) is 24.0 Å². The Morgan fingerprint density at radius 3 is 2.50 bits per heavy atom. The molecule has 0 radical (unpaired) electrons. The average molecular weight is 568 g/mol. The molecular weight excluding hydrogens is 547 g/mol. The van der Waals surface area contributed by atoms with Crippen molar-refractivity contribution >= 4 is 63.6 Å². The van der Waals surface area contributed by atoms with E-state index in [0.717, 1.165) is 29.5 Å². The third-order valence-electron chi connectivity index (χ3n) is 6.00. The summed E-state index contributed by atoms with van der Waals surface area (Å²) in [6.07, 6.45) is -1.05. The molecule has 1 aromatic heterocycles. The highest BCUT2D eigenvalue weighted by molar-refractivity contribution is 6.35. The highest BCUT2D eigenvalue weighted by atomic mass is 35.5.